The first-order valence-corrected chi connectivity index (χ1v) is 13.1. The third-order valence-electron chi connectivity index (χ3n) is 7.95. The van der Waals surface area contributed by atoms with Crippen molar-refractivity contribution in [1.29, 1.82) is 0 Å². The van der Waals surface area contributed by atoms with Crippen molar-refractivity contribution in [3.8, 4) is 11.3 Å². The molecule has 37 heavy (non-hydrogen) atoms. The van der Waals surface area contributed by atoms with Gasteiger partial charge in [0.05, 0.1) is 11.9 Å². The van der Waals surface area contributed by atoms with Crippen LogP contribution in [0.2, 0.25) is 0 Å². The second kappa shape index (κ2) is 10.5. The molecule has 3 aromatic rings. The van der Waals surface area contributed by atoms with Crippen LogP contribution < -0.4 is 0 Å². The fourth-order valence-electron chi connectivity index (χ4n) is 5.62. The summed E-state index contributed by atoms with van der Waals surface area (Å²) in [6.07, 6.45) is 9.56. The van der Waals surface area contributed by atoms with Crippen LogP contribution in [0.5, 0.6) is 0 Å². The second-order valence-corrected chi connectivity index (χ2v) is 10.4. The largest absolute Gasteiger partial charge is 0.381 e. The van der Waals surface area contributed by atoms with Crippen molar-refractivity contribution >= 4 is 22.3 Å². The van der Waals surface area contributed by atoms with Crippen molar-refractivity contribution in [2.24, 2.45) is 13.0 Å². The van der Waals surface area contributed by atoms with E-state index in [1.54, 1.807) is 11.6 Å². The fourth-order valence-corrected chi connectivity index (χ4v) is 5.62. The maximum Gasteiger partial charge on any atom is 0.219 e. The maximum atomic E-state index is 12.3. The Morgan fingerprint density at radius 1 is 1.16 bits per heavy atom. The van der Waals surface area contributed by atoms with Crippen LogP contribution in [0.1, 0.15) is 43.7 Å². The molecule has 4 heterocycles. The summed E-state index contributed by atoms with van der Waals surface area (Å²) < 4.78 is 7.35. The van der Waals surface area contributed by atoms with Crippen molar-refractivity contribution in [3.05, 3.63) is 77.8 Å². The van der Waals surface area contributed by atoms with E-state index in [4.69, 9.17) is 9.72 Å². The van der Waals surface area contributed by atoms with Crippen LogP contribution >= 0.6 is 0 Å². The zero-order chi connectivity index (χ0) is 26.1. The molecule has 0 N–H and O–H groups in total. The topological polar surface area (TPSA) is 60.2 Å². The lowest BCUT2D eigenvalue weighted by Gasteiger charge is -2.33. The monoisotopic (exact) mass is 496 g/mol. The number of aryl methyl sites for hydroxylation is 2. The van der Waals surface area contributed by atoms with Crippen LogP contribution in [0.4, 0.5) is 0 Å². The van der Waals surface area contributed by atoms with E-state index in [0.717, 1.165) is 84.2 Å². The molecule has 2 aromatic heterocycles. The summed E-state index contributed by atoms with van der Waals surface area (Å²) >= 11 is 0. The van der Waals surface area contributed by atoms with Crippen LogP contribution in [-0.2, 0) is 16.6 Å². The standard InChI is InChI=1S/C31H36N4O2/c1-20-6-7-27(29-17-32-31(15-28(20)29)26-16-33-34(5)18-26)22(3)30-19-35(23(4)36)11-8-25(30)14-21(2)24-9-12-37-13-10-24/h6-7,15-18,24H,2-3,8-14,19H2,1,4-5H3. The van der Waals surface area contributed by atoms with Crippen LogP contribution in [0.25, 0.3) is 27.6 Å². The number of carbonyl (C=O) groups excluding carboxylic acids is 1. The Morgan fingerprint density at radius 3 is 2.65 bits per heavy atom. The SMILES string of the molecule is C=C(C1=C(CC(=C)C2CCOCC2)CCN(C(C)=O)C1)c1ccc(C)c2cc(-c3cnn(C)c3)ncc12. The number of pyridine rings is 1. The molecule has 6 nitrogen and oxygen atoms in total. The van der Waals surface area contributed by atoms with Crippen molar-refractivity contribution < 1.29 is 9.53 Å². The number of hydrogen-bond acceptors (Lipinski definition) is 4. The van der Waals surface area contributed by atoms with Crippen LogP contribution in [-0.4, -0.2) is 51.9 Å². The van der Waals surface area contributed by atoms with Crippen molar-refractivity contribution in [3.63, 3.8) is 0 Å². The van der Waals surface area contributed by atoms with Crippen LogP contribution in [0.15, 0.2) is 66.7 Å². The number of benzene rings is 1. The first-order chi connectivity index (χ1) is 17.8. The predicted octanol–water partition coefficient (Wildman–Crippen LogP) is 5.88. The minimum atomic E-state index is 0.101. The Balaban J connectivity index is 1.53. The van der Waals surface area contributed by atoms with E-state index < -0.39 is 0 Å². The van der Waals surface area contributed by atoms with Gasteiger partial charge in [-0.25, -0.2) is 0 Å². The molecule has 1 aromatic carbocycles. The molecule has 192 valence electrons. The molecule has 6 heteroatoms. The molecular formula is C31H36N4O2. The first kappa shape index (κ1) is 25.2. The summed E-state index contributed by atoms with van der Waals surface area (Å²) in [7, 11) is 1.91. The molecule has 0 aliphatic carbocycles. The van der Waals surface area contributed by atoms with E-state index in [-0.39, 0.29) is 5.91 Å². The molecule has 5 rings (SSSR count). The highest BCUT2D eigenvalue weighted by Crippen LogP contribution is 2.38. The van der Waals surface area contributed by atoms with Gasteiger partial charge in [-0.05, 0) is 72.3 Å². The first-order valence-electron chi connectivity index (χ1n) is 13.1. The lowest BCUT2D eigenvalue weighted by molar-refractivity contribution is -0.128. The number of hydrogen-bond donors (Lipinski definition) is 0. The third kappa shape index (κ3) is 5.16. The van der Waals surface area contributed by atoms with Gasteiger partial charge in [0, 0.05) is 63.6 Å². The van der Waals surface area contributed by atoms with Gasteiger partial charge < -0.3 is 9.64 Å². The third-order valence-corrected chi connectivity index (χ3v) is 7.95. The average Bonchev–Trinajstić information content (AvgIpc) is 3.35. The number of allylic oxidation sites excluding steroid dienone is 1. The van der Waals surface area contributed by atoms with Gasteiger partial charge in [-0.1, -0.05) is 36.4 Å². The quantitative estimate of drug-likeness (QED) is 0.400. The molecule has 2 aliphatic rings. The number of rotatable bonds is 6. The van der Waals surface area contributed by atoms with Gasteiger partial charge in [0.15, 0.2) is 0 Å². The number of aromatic nitrogens is 3. The fraction of sp³-hybridized carbons (Fsp3) is 0.387. The van der Waals surface area contributed by atoms with E-state index in [0.29, 0.717) is 12.5 Å². The van der Waals surface area contributed by atoms with E-state index in [2.05, 4.69) is 43.4 Å². The van der Waals surface area contributed by atoms with Gasteiger partial charge in [0.2, 0.25) is 5.91 Å². The highest BCUT2D eigenvalue weighted by Gasteiger charge is 2.26. The smallest absolute Gasteiger partial charge is 0.219 e. The van der Waals surface area contributed by atoms with Gasteiger partial charge in [-0.2, -0.15) is 5.10 Å². The molecule has 1 saturated heterocycles. The lowest BCUT2D eigenvalue weighted by atomic mass is 9.82. The Morgan fingerprint density at radius 2 is 1.95 bits per heavy atom. The average molecular weight is 497 g/mol. The van der Waals surface area contributed by atoms with Gasteiger partial charge >= 0.3 is 0 Å². The Hall–Kier alpha value is -3.51. The number of carbonyl (C=O) groups is 1. The summed E-state index contributed by atoms with van der Waals surface area (Å²) in [6, 6.07) is 6.45. The molecule has 0 radical (unpaired) electrons. The number of fused-ring (bicyclic) bond motifs is 1. The number of ether oxygens (including phenoxy) is 1. The molecule has 0 saturated carbocycles. The van der Waals surface area contributed by atoms with Crippen LogP contribution in [0, 0.1) is 12.8 Å². The second-order valence-electron chi connectivity index (χ2n) is 10.4. The molecule has 0 atom stereocenters. The normalized spacial score (nSPS) is 16.9. The number of nitrogens with zero attached hydrogens (tertiary/aromatic N) is 4. The van der Waals surface area contributed by atoms with Gasteiger partial charge in [-0.3, -0.25) is 14.5 Å². The van der Waals surface area contributed by atoms with Gasteiger partial charge in [0.1, 0.15) is 0 Å². The summed E-state index contributed by atoms with van der Waals surface area (Å²) in [5, 5.41) is 6.53. The van der Waals surface area contributed by atoms with E-state index in [1.165, 1.54) is 16.7 Å². The number of amides is 1. The molecular weight excluding hydrogens is 460 g/mol. The minimum absolute atomic E-state index is 0.101. The molecule has 2 aliphatic heterocycles. The van der Waals surface area contributed by atoms with Crippen molar-refractivity contribution in [1.82, 2.24) is 19.7 Å². The minimum Gasteiger partial charge on any atom is -0.381 e. The maximum absolute atomic E-state index is 12.3. The molecule has 0 spiro atoms. The van der Waals surface area contributed by atoms with Crippen molar-refractivity contribution in [2.75, 3.05) is 26.3 Å². The lowest BCUT2D eigenvalue weighted by Crippen LogP contribution is -2.36. The van der Waals surface area contributed by atoms with E-state index in [9.17, 15) is 4.79 Å². The molecule has 1 fully saturated rings. The molecule has 1 amide bonds. The zero-order valence-electron chi connectivity index (χ0n) is 22.2. The van der Waals surface area contributed by atoms with E-state index in [1.807, 2.05) is 30.5 Å². The highest BCUT2D eigenvalue weighted by molar-refractivity contribution is 5.99. The molecule has 0 bridgehead atoms. The van der Waals surface area contributed by atoms with Gasteiger partial charge in [0.25, 0.3) is 0 Å². The summed E-state index contributed by atoms with van der Waals surface area (Å²) in [5.74, 6) is 0.598. The van der Waals surface area contributed by atoms with E-state index >= 15 is 0 Å². The predicted molar refractivity (Wildman–Crippen MR) is 149 cm³/mol. The van der Waals surface area contributed by atoms with Crippen LogP contribution in [0.3, 0.4) is 0 Å². The zero-order valence-corrected chi connectivity index (χ0v) is 22.2. The summed E-state index contributed by atoms with van der Waals surface area (Å²) in [6.45, 7) is 15.8. The highest BCUT2D eigenvalue weighted by atomic mass is 16.5. The Bertz CT molecular complexity index is 1410. The summed E-state index contributed by atoms with van der Waals surface area (Å²) in [5.41, 5.74) is 8.92. The Kier molecular flexibility index (Phi) is 7.11. The van der Waals surface area contributed by atoms with Gasteiger partial charge in [-0.15, -0.1) is 0 Å². The summed E-state index contributed by atoms with van der Waals surface area (Å²) in [4.78, 5) is 19.1. The Labute approximate surface area is 219 Å². The van der Waals surface area contributed by atoms with Crippen molar-refractivity contribution in [2.45, 2.75) is 39.5 Å². The molecule has 0 unspecified atom stereocenters.